The molecule has 0 saturated carbocycles. The Labute approximate surface area is 124 Å². The Hall–Kier alpha value is -1.41. The Balaban J connectivity index is 1.83. The zero-order chi connectivity index (χ0) is 15.6. The number of likely N-dealkylation sites (N-methyl/N-ethyl adjacent to an activating group) is 1. The largest absolute Gasteiger partial charge is 0.361 e. The summed E-state index contributed by atoms with van der Waals surface area (Å²) >= 11 is 0. The van der Waals surface area contributed by atoms with Crippen molar-refractivity contribution in [1.82, 2.24) is 15.4 Å². The minimum Gasteiger partial charge on any atom is -0.361 e. The molecule has 1 aromatic heterocycles. The second-order valence-electron chi connectivity index (χ2n) is 5.64. The summed E-state index contributed by atoms with van der Waals surface area (Å²) in [7, 11) is -1.14. The van der Waals surface area contributed by atoms with Crippen LogP contribution in [0.4, 0.5) is 0 Å². The number of hydrogen-bond acceptors (Lipinski definition) is 6. The minimum atomic E-state index is -2.97. The number of aryl methyl sites for hydroxylation is 2. The van der Waals surface area contributed by atoms with Crippen molar-refractivity contribution in [2.75, 3.05) is 25.1 Å². The van der Waals surface area contributed by atoms with E-state index in [1.807, 2.05) is 25.8 Å². The fraction of sp³-hybridized carbons (Fsp3) is 0.692. The smallest absolute Gasteiger partial charge is 0.234 e. The van der Waals surface area contributed by atoms with Gasteiger partial charge in [-0.1, -0.05) is 5.16 Å². The van der Waals surface area contributed by atoms with Gasteiger partial charge in [-0.05, 0) is 27.3 Å². The van der Waals surface area contributed by atoms with Crippen LogP contribution < -0.4 is 5.32 Å². The molecule has 1 saturated heterocycles. The lowest BCUT2D eigenvalue weighted by atomic mass is 10.2. The summed E-state index contributed by atoms with van der Waals surface area (Å²) in [6.45, 7) is 4.48. The van der Waals surface area contributed by atoms with Crippen LogP contribution >= 0.6 is 0 Å². The van der Waals surface area contributed by atoms with Gasteiger partial charge in [-0.3, -0.25) is 9.69 Å². The first kappa shape index (κ1) is 16.0. The highest BCUT2D eigenvalue weighted by Gasteiger charge is 2.29. The minimum absolute atomic E-state index is 0.0479. The Morgan fingerprint density at radius 1 is 1.48 bits per heavy atom. The summed E-state index contributed by atoms with van der Waals surface area (Å²) in [5.74, 6) is 0.798. The van der Waals surface area contributed by atoms with Gasteiger partial charge in [-0.15, -0.1) is 0 Å². The topological polar surface area (TPSA) is 92.5 Å². The zero-order valence-electron chi connectivity index (χ0n) is 12.5. The van der Waals surface area contributed by atoms with E-state index >= 15 is 0 Å². The van der Waals surface area contributed by atoms with Crippen molar-refractivity contribution in [2.24, 2.45) is 0 Å². The molecule has 118 valence electrons. The molecular weight excluding hydrogens is 294 g/mol. The van der Waals surface area contributed by atoms with Crippen LogP contribution in [0.15, 0.2) is 4.52 Å². The van der Waals surface area contributed by atoms with Crippen LogP contribution in [0.25, 0.3) is 0 Å². The number of nitrogens with one attached hydrogen (secondary N) is 1. The second-order valence-corrected chi connectivity index (χ2v) is 7.87. The Bertz CT molecular complexity index is 604. The van der Waals surface area contributed by atoms with Crippen molar-refractivity contribution >= 4 is 15.7 Å². The number of sulfone groups is 1. The quantitative estimate of drug-likeness (QED) is 0.824. The monoisotopic (exact) mass is 315 g/mol. The van der Waals surface area contributed by atoms with Crippen LogP contribution in [0.5, 0.6) is 0 Å². The molecule has 0 aromatic carbocycles. The van der Waals surface area contributed by atoms with Crippen LogP contribution in [0.1, 0.15) is 23.4 Å². The van der Waals surface area contributed by atoms with E-state index in [9.17, 15) is 13.2 Å². The van der Waals surface area contributed by atoms with E-state index in [-0.39, 0.29) is 30.0 Å². The maximum Gasteiger partial charge on any atom is 0.234 e. The zero-order valence-corrected chi connectivity index (χ0v) is 13.4. The molecule has 2 rings (SSSR count). The van der Waals surface area contributed by atoms with Gasteiger partial charge >= 0.3 is 0 Å². The number of carbonyl (C=O) groups is 1. The van der Waals surface area contributed by atoms with Crippen LogP contribution in [-0.2, 0) is 21.2 Å². The van der Waals surface area contributed by atoms with E-state index in [0.29, 0.717) is 13.0 Å². The van der Waals surface area contributed by atoms with Gasteiger partial charge in [0.25, 0.3) is 0 Å². The van der Waals surface area contributed by atoms with Crippen LogP contribution in [0.2, 0.25) is 0 Å². The molecule has 1 atom stereocenters. The van der Waals surface area contributed by atoms with Crippen LogP contribution in [-0.4, -0.2) is 55.5 Å². The number of amides is 1. The summed E-state index contributed by atoms with van der Waals surface area (Å²) in [4.78, 5) is 13.8. The molecule has 21 heavy (non-hydrogen) atoms. The SMILES string of the molecule is Cc1noc(C)c1CN(C)CC(=O)N[C@H]1CCS(=O)(=O)C1. The molecule has 7 nitrogen and oxygen atoms in total. The molecule has 1 N–H and O–H groups in total. The predicted octanol–water partition coefficient (Wildman–Crippen LogP) is 0.0265. The van der Waals surface area contributed by atoms with Crippen molar-refractivity contribution in [3.05, 3.63) is 17.0 Å². The molecule has 0 aliphatic carbocycles. The van der Waals surface area contributed by atoms with Crippen LogP contribution in [0, 0.1) is 13.8 Å². The maximum atomic E-state index is 11.9. The third-order valence-corrected chi connectivity index (χ3v) is 5.39. The van der Waals surface area contributed by atoms with E-state index in [2.05, 4.69) is 10.5 Å². The highest BCUT2D eigenvalue weighted by Crippen LogP contribution is 2.14. The molecule has 8 heteroatoms. The van der Waals surface area contributed by atoms with Crippen LogP contribution in [0.3, 0.4) is 0 Å². The van der Waals surface area contributed by atoms with E-state index in [1.165, 1.54) is 0 Å². The molecule has 1 aromatic rings. The first-order valence-corrected chi connectivity index (χ1v) is 8.69. The number of rotatable bonds is 5. The molecule has 2 heterocycles. The summed E-state index contributed by atoms with van der Waals surface area (Å²) in [5.41, 5.74) is 1.80. The predicted molar refractivity (Wildman–Crippen MR) is 77.5 cm³/mol. The fourth-order valence-corrected chi connectivity index (χ4v) is 4.15. The average Bonchev–Trinajstić information content (AvgIpc) is 2.85. The van der Waals surface area contributed by atoms with Gasteiger partial charge in [0.2, 0.25) is 5.91 Å². The molecule has 0 spiro atoms. The molecule has 1 aliphatic heterocycles. The normalized spacial score (nSPS) is 20.9. The summed E-state index contributed by atoms with van der Waals surface area (Å²) in [5, 5.41) is 6.65. The molecule has 0 unspecified atom stereocenters. The number of hydrogen-bond donors (Lipinski definition) is 1. The lowest BCUT2D eigenvalue weighted by Gasteiger charge is -2.18. The number of aromatic nitrogens is 1. The second kappa shape index (κ2) is 6.15. The number of carbonyl (C=O) groups excluding carboxylic acids is 1. The third kappa shape index (κ3) is 4.28. The number of nitrogens with zero attached hydrogens (tertiary/aromatic N) is 2. The van der Waals surface area contributed by atoms with Crippen molar-refractivity contribution in [3.8, 4) is 0 Å². The summed E-state index contributed by atoms with van der Waals surface area (Å²) in [6.07, 6.45) is 0.502. The first-order chi connectivity index (χ1) is 9.77. The molecule has 1 amide bonds. The van der Waals surface area contributed by atoms with Gasteiger partial charge in [0, 0.05) is 18.2 Å². The highest BCUT2D eigenvalue weighted by atomic mass is 32.2. The summed E-state index contributed by atoms with van der Waals surface area (Å²) < 4.78 is 27.8. The van der Waals surface area contributed by atoms with E-state index < -0.39 is 9.84 Å². The molecule has 1 aliphatic rings. The van der Waals surface area contributed by atoms with E-state index in [4.69, 9.17) is 4.52 Å². The van der Waals surface area contributed by atoms with Crippen molar-refractivity contribution in [1.29, 1.82) is 0 Å². The van der Waals surface area contributed by atoms with Crippen molar-refractivity contribution in [3.63, 3.8) is 0 Å². The molecule has 0 radical (unpaired) electrons. The molecular formula is C13H21N3O4S. The van der Waals surface area contributed by atoms with Gasteiger partial charge in [0.15, 0.2) is 9.84 Å². The van der Waals surface area contributed by atoms with Crippen molar-refractivity contribution in [2.45, 2.75) is 32.9 Å². The Kier molecular flexibility index (Phi) is 4.67. The first-order valence-electron chi connectivity index (χ1n) is 6.87. The maximum absolute atomic E-state index is 11.9. The van der Waals surface area contributed by atoms with Gasteiger partial charge in [0.05, 0.1) is 23.7 Å². The van der Waals surface area contributed by atoms with Gasteiger partial charge in [-0.2, -0.15) is 0 Å². The van der Waals surface area contributed by atoms with Gasteiger partial charge in [0.1, 0.15) is 5.76 Å². The van der Waals surface area contributed by atoms with E-state index in [0.717, 1.165) is 17.0 Å². The molecule has 1 fully saturated rings. The average molecular weight is 315 g/mol. The Morgan fingerprint density at radius 3 is 2.71 bits per heavy atom. The van der Waals surface area contributed by atoms with Gasteiger partial charge in [-0.25, -0.2) is 8.42 Å². The lowest BCUT2D eigenvalue weighted by molar-refractivity contribution is -0.122. The van der Waals surface area contributed by atoms with E-state index in [1.54, 1.807) is 0 Å². The van der Waals surface area contributed by atoms with Crippen molar-refractivity contribution < 1.29 is 17.7 Å². The summed E-state index contributed by atoms with van der Waals surface area (Å²) in [6, 6.07) is -0.255. The van der Waals surface area contributed by atoms with Gasteiger partial charge < -0.3 is 9.84 Å². The highest BCUT2D eigenvalue weighted by molar-refractivity contribution is 7.91. The molecule has 0 bridgehead atoms. The standard InChI is InChI=1S/C13H21N3O4S/c1-9-12(10(2)20-15-9)6-16(3)7-13(17)14-11-4-5-21(18,19)8-11/h11H,4-8H2,1-3H3,(H,14,17)/t11-/m0/s1. The third-order valence-electron chi connectivity index (χ3n) is 3.62. The lowest BCUT2D eigenvalue weighted by Crippen LogP contribution is -2.41. The Morgan fingerprint density at radius 2 is 2.19 bits per heavy atom. The fourth-order valence-electron chi connectivity index (χ4n) is 2.48.